The lowest BCUT2D eigenvalue weighted by Crippen LogP contribution is -2.45. The third-order valence-corrected chi connectivity index (χ3v) is 4.65. The average Bonchev–Trinajstić information content (AvgIpc) is 3.32. The Bertz CT molecular complexity index is 525. The van der Waals surface area contributed by atoms with Gasteiger partial charge in [0.1, 0.15) is 0 Å². The van der Waals surface area contributed by atoms with E-state index < -0.39 is 5.82 Å². The average molecular weight is 311 g/mol. The third kappa shape index (κ3) is 3.55. The van der Waals surface area contributed by atoms with Crippen LogP contribution < -0.4 is 5.32 Å². The van der Waals surface area contributed by atoms with Gasteiger partial charge in [0, 0.05) is 19.1 Å². The molecule has 1 N–H and O–H groups in total. The lowest BCUT2D eigenvalue weighted by atomic mass is 10.0. The SMILES string of the molecule is O=C(c1cccc(Cl)c1F)N1CCC(NCC2CC2)CC1. The number of rotatable bonds is 4. The van der Waals surface area contributed by atoms with Gasteiger partial charge in [0.2, 0.25) is 0 Å². The molecule has 0 spiro atoms. The summed E-state index contributed by atoms with van der Waals surface area (Å²) in [6, 6.07) is 5.06. The van der Waals surface area contributed by atoms with Crippen LogP contribution in [0, 0.1) is 11.7 Å². The summed E-state index contributed by atoms with van der Waals surface area (Å²) >= 11 is 5.74. The van der Waals surface area contributed by atoms with Gasteiger partial charge in [-0.25, -0.2) is 4.39 Å². The second kappa shape index (κ2) is 6.32. The molecule has 1 aromatic rings. The van der Waals surface area contributed by atoms with E-state index in [1.54, 1.807) is 11.0 Å². The van der Waals surface area contributed by atoms with E-state index in [4.69, 9.17) is 11.6 Å². The zero-order chi connectivity index (χ0) is 14.8. The van der Waals surface area contributed by atoms with Crippen LogP contribution in [0.5, 0.6) is 0 Å². The Balaban J connectivity index is 1.55. The minimum atomic E-state index is -0.613. The van der Waals surface area contributed by atoms with Crippen LogP contribution >= 0.6 is 11.6 Å². The molecule has 0 aromatic heterocycles. The van der Waals surface area contributed by atoms with Crippen molar-refractivity contribution in [2.45, 2.75) is 31.7 Å². The topological polar surface area (TPSA) is 32.3 Å². The largest absolute Gasteiger partial charge is 0.338 e. The van der Waals surface area contributed by atoms with E-state index >= 15 is 0 Å². The molecule has 2 fully saturated rings. The van der Waals surface area contributed by atoms with Gasteiger partial charge in [-0.3, -0.25) is 4.79 Å². The highest BCUT2D eigenvalue weighted by Gasteiger charge is 2.27. The Labute approximate surface area is 129 Å². The van der Waals surface area contributed by atoms with Gasteiger partial charge in [0.05, 0.1) is 10.6 Å². The summed E-state index contributed by atoms with van der Waals surface area (Å²) in [5, 5.41) is 3.57. The maximum Gasteiger partial charge on any atom is 0.256 e. The molecular formula is C16H20ClFN2O. The first-order chi connectivity index (χ1) is 10.1. The minimum Gasteiger partial charge on any atom is -0.338 e. The first-order valence-corrected chi connectivity index (χ1v) is 7.99. The van der Waals surface area contributed by atoms with Crippen LogP contribution in [-0.4, -0.2) is 36.5 Å². The van der Waals surface area contributed by atoms with E-state index in [-0.39, 0.29) is 16.5 Å². The predicted octanol–water partition coefficient (Wildman–Crippen LogP) is 3.08. The second-order valence-electron chi connectivity index (χ2n) is 6.02. The molecule has 1 heterocycles. The predicted molar refractivity (Wildman–Crippen MR) is 81.1 cm³/mol. The van der Waals surface area contributed by atoms with Crippen LogP contribution in [0.1, 0.15) is 36.0 Å². The van der Waals surface area contributed by atoms with E-state index in [2.05, 4.69) is 5.32 Å². The molecule has 1 amide bonds. The third-order valence-electron chi connectivity index (χ3n) is 4.36. The highest BCUT2D eigenvalue weighted by atomic mass is 35.5. The van der Waals surface area contributed by atoms with Crippen LogP contribution in [0.15, 0.2) is 18.2 Å². The smallest absolute Gasteiger partial charge is 0.256 e. The molecule has 3 rings (SSSR count). The summed E-state index contributed by atoms with van der Waals surface area (Å²) in [5.41, 5.74) is 0.0758. The fourth-order valence-corrected chi connectivity index (χ4v) is 2.96. The van der Waals surface area contributed by atoms with Crippen LogP contribution in [0.25, 0.3) is 0 Å². The molecule has 0 atom stereocenters. The fraction of sp³-hybridized carbons (Fsp3) is 0.562. The normalized spacial score (nSPS) is 19.8. The van der Waals surface area contributed by atoms with Gasteiger partial charge in [-0.05, 0) is 50.3 Å². The molecule has 5 heteroatoms. The van der Waals surface area contributed by atoms with Crippen molar-refractivity contribution in [3.05, 3.63) is 34.6 Å². The molecule has 1 saturated carbocycles. The quantitative estimate of drug-likeness (QED) is 0.927. The Kier molecular flexibility index (Phi) is 4.45. The van der Waals surface area contributed by atoms with Crippen LogP contribution in [0.2, 0.25) is 5.02 Å². The summed E-state index contributed by atoms with van der Waals surface area (Å²) < 4.78 is 13.9. The highest BCUT2D eigenvalue weighted by molar-refractivity contribution is 6.31. The number of hydrogen-bond acceptors (Lipinski definition) is 2. The summed E-state index contributed by atoms with van der Waals surface area (Å²) in [6.07, 6.45) is 4.55. The molecule has 1 aliphatic heterocycles. The van der Waals surface area contributed by atoms with Crippen molar-refractivity contribution in [1.82, 2.24) is 10.2 Å². The van der Waals surface area contributed by atoms with E-state index in [0.29, 0.717) is 19.1 Å². The standard InChI is InChI=1S/C16H20ClFN2O/c17-14-3-1-2-13(15(14)18)16(21)20-8-6-12(7-9-20)19-10-11-4-5-11/h1-3,11-12,19H,4-10H2. The molecule has 0 unspecified atom stereocenters. The van der Waals surface area contributed by atoms with Crippen molar-refractivity contribution < 1.29 is 9.18 Å². The number of piperidine rings is 1. The Morgan fingerprint density at radius 1 is 1.29 bits per heavy atom. The number of amides is 1. The molecule has 1 aliphatic carbocycles. The minimum absolute atomic E-state index is 0.00170. The van der Waals surface area contributed by atoms with E-state index in [1.807, 2.05) is 0 Å². The van der Waals surface area contributed by atoms with Gasteiger partial charge < -0.3 is 10.2 Å². The van der Waals surface area contributed by atoms with Gasteiger partial charge in [-0.2, -0.15) is 0 Å². The first kappa shape index (κ1) is 14.8. The summed E-state index contributed by atoms with van der Waals surface area (Å²) in [5.74, 6) is -0.000917. The van der Waals surface area contributed by atoms with Gasteiger partial charge in [0.25, 0.3) is 5.91 Å². The van der Waals surface area contributed by atoms with Gasteiger partial charge in [-0.15, -0.1) is 0 Å². The molecule has 1 saturated heterocycles. The monoisotopic (exact) mass is 310 g/mol. The van der Waals surface area contributed by atoms with Crippen molar-refractivity contribution in [3.8, 4) is 0 Å². The zero-order valence-corrected chi connectivity index (χ0v) is 12.7. The van der Waals surface area contributed by atoms with Crippen LogP contribution in [-0.2, 0) is 0 Å². The highest BCUT2D eigenvalue weighted by Crippen LogP contribution is 2.28. The van der Waals surface area contributed by atoms with Gasteiger partial charge >= 0.3 is 0 Å². The lowest BCUT2D eigenvalue weighted by molar-refractivity contribution is 0.0700. The van der Waals surface area contributed by atoms with Crippen LogP contribution in [0.4, 0.5) is 4.39 Å². The number of halogens is 2. The first-order valence-electron chi connectivity index (χ1n) is 7.62. The molecular weight excluding hydrogens is 291 g/mol. The Morgan fingerprint density at radius 3 is 2.67 bits per heavy atom. The van der Waals surface area contributed by atoms with Crippen molar-refractivity contribution in [2.24, 2.45) is 5.92 Å². The molecule has 1 aromatic carbocycles. The number of benzene rings is 1. The zero-order valence-electron chi connectivity index (χ0n) is 11.9. The summed E-state index contributed by atoms with van der Waals surface area (Å²) in [7, 11) is 0. The molecule has 3 nitrogen and oxygen atoms in total. The number of carbonyl (C=O) groups is 1. The molecule has 0 radical (unpaired) electrons. The Hall–Kier alpha value is -1.13. The van der Waals surface area contributed by atoms with E-state index in [1.165, 1.54) is 25.0 Å². The van der Waals surface area contributed by atoms with Crippen molar-refractivity contribution in [3.63, 3.8) is 0 Å². The maximum absolute atomic E-state index is 13.9. The maximum atomic E-state index is 13.9. The van der Waals surface area contributed by atoms with Gasteiger partial charge in [-0.1, -0.05) is 17.7 Å². The molecule has 21 heavy (non-hydrogen) atoms. The molecule has 0 bridgehead atoms. The lowest BCUT2D eigenvalue weighted by Gasteiger charge is -2.32. The number of hydrogen-bond donors (Lipinski definition) is 1. The van der Waals surface area contributed by atoms with Crippen LogP contribution in [0.3, 0.4) is 0 Å². The Morgan fingerprint density at radius 2 is 2.00 bits per heavy atom. The van der Waals surface area contributed by atoms with E-state index in [0.717, 1.165) is 25.3 Å². The molecule has 2 aliphatic rings. The summed E-state index contributed by atoms with van der Waals surface area (Å²) in [4.78, 5) is 14.1. The summed E-state index contributed by atoms with van der Waals surface area (Å²) in [6.45, 7) is 2.45. The number of carbonyl (C=O) groups excluding carboxylic acids is 1. The van der Waals surface area contributed by atoms with E-state index in [9.17, 15) is 9.18 Å². The van der Waals surface area contributed by atoms with Crippen molar-refractivity contribution in [1.29, 1.82) is 0 Å². The van der Waals surface area contributed by atoms with Gasteiger partial charge in [0.15, 0.2) is 5.82 Å². The number of likely N-dealkylation sites (tertiary alicyclic amines) is 1. The number of nitrogens with zero attached hydrogens (tertiary/aromatic N) is 1. The molecule has 114 valence electrons. The van der Waals surface area contributed by atoms with Crippen molar-refractivity contribution >= 4 is 17.5 Å². The number of nitrogens with one attached hydrogen (secondary N) is 1. The fourth-order valence-electron chi connectivity index (χ4n) is 2.78. The second-order valence-corrected chi connectivity index (χ2v) is 6.43. The van der Waals surface area contributed by atoms with Crippen molar-refractivity contribution in [2.75, 3.05) is 19.6 Å².